The molecule has 0 aliphatic rings. The van der Waals surface area contributed by atoms with Crippen molar-refractivity contribution in [2.75, 3.05) is 11.4 Å². The lowest BCUT2D eigenvalue weighted by Crippen LogP contribution is -2.34. The monoisotopic (exact) mass is 290 g/mol. The first kappa shape index (κ1) is 14.9. The standard InChI is InChI=1S/C11H16Cl2N4O/c1-7(2)17(4-3-10(14)16-18)11-9(13)5-8(12)6-15-11/h5-7,18H,3-4H2,1-2H3,(H2,14,16). The summed E-state index contributed by atoms with van der Waals surface area (Å²) < 4.78 is 0. The van der Waals surface area contributed by atoms with Gasteiger partial charge in [-0.3, -0.25) is 0 Å². The fourth-order valence-corrected chi connectivity index (χ4v) is 2.00. The number of aromatic nitrogens is 1. The molecular formula is C11H16Cl2N4O. The molecule has 0 spiro atoms. The third-order valence-electron chi connectivity index (χ3n) is 2.42. The Morgan fingerprint density at radius 1 is 1.56 bits per heavy atom. The molecule has 1 aromatic rings. The van der Waals surface area contributed by atoms with E-state index in [9.17, 15) is 0 Å². The molecule has 0 bridgehead atoms. The van der Waals surface area contributed by atoms with E-state index in [2.05, 4.69) is 10.1 Å². The van der Waals surface area contributed by atoms with E-state index in [1.165, 1.54) is 0 Å². The summed E-state index contributed by atoms with van der Waals surface area (Å²) >= 11 is 11.9. The number of halogens is 2. The van der Waals surface area contributed by atoms with Gasteiger partial charge in [-0.15, -0.1) is 0 Å². The van der Waals surface area contributed by atoms with E-state index >= 15 is 0 Å². The molecule has 3 N–H and O–H groups in total. The van der Waals surface area contributed by atoms with Crippen molar-refractivity contribution in [1.82, 2.24) is 4.98 Å². The van der Waals surface area contributed by atoms with Crippen LogP contribution in [0.5, 0.6) is 0 Å². The number of anilines is 1. The largest absolute Gasteiger partial charge is 0.409 e. The number of amidine groups is 1. The van der Waals surface area contributed by atoms with E-state index in [0.29, 0.717) is 28.8 Å². The van der Waals surface area contributed by atoms with Crippen molar-refractivity contribution < 1.29 is 5.21 Å². The number of rotatable bonds is 5. The first-order valence-corrected chi connectivity index (χ1v) is 6.25. The fourth-order valence-electron chi connectivity index (χ4n) is 1.51. The predicted octanol–water partition coefficient (Wildman–Crippen LogP) is 2.74. The first-order chi connectivity index (χ1) is 8.45. The number of oxime groups is 1. The van der Waals surface area contributed by atoms with Crippen LogP contribution in [0.4, 0.5) is 5.82 Å². The summed E-state index contributed by atoms with van der Waals surface area (Å²) in [5, 5.41) is 12.4. The molecule has 0 amide bonds. The number of hydrogen-bond acceptors (Lipinski definition) is 4. The van der Waals surface area contributed by atoms with Crippen LogP contribution in [0.3, 0.4) is 0 Å². The van der Waals surface area contributed by atoms with E-state index in [1.54, 1.807) is 12.3 Å². The molecule has 0 fully saturated rings. The van der Waals surface area contributed by atoms with Gasteiger partial charge in [0, 0.05) is 25.2 Å². The molecule has 0 unspecified atom stereocenters. The zero-order valence-electron chi connectivity index (χ0n) is 10.3. The summed E-state index contributed by atoms with van der Waals surface area (Å²) in [7, 11) is 0. The summed E-state index contributed by atoms with van der Waals surface area (Å²) in [4.78, 5) is 6.19. The van der Waals surface area contributed by atoms with E-state index in [-0.39, 0.29) is 11.9 Å². The minimum Gasteiger partial charge on any atom is -0.409 e. The zero-order valence-corrected chi connectivity index (χ0v) is 11.8. The lowest BCUT2D eigenvalue weighted by Gasteiger charge is -2.28. The Bertz CT molecular complexity index is 437. The molecule has 7 heteroatoms. The SMILES string of the molecule is CC(C)N(CCC(N)=NO)c1ncc(Cl)cc1Cl. The molecule has 0 aliphatic heterocycles. The van der Waals surface area contributed by atoms with Crippen molar-refractivity contribution in [2.24, 2.45) is 10.9 Å². The van der Waals surface area contributed by atoms with Crippen LogP contribution in [-0.4, -0.2) is 28.6 Å². The molecule has 0 saturated carbocycles. The zero-order chi connectivity index (χ0) is 13.7. The summed E-state index contributed by atoms with van der Waals surface area (Å²) in [5.74, 6) is 0.813. The van der Waals surface area contributed by atoms with Gasteiger partial charge in [-0.2, -0.15) is 0 Å². The molecule has 0 atom stereocenters. The highest BCUT2D eigenvalue weighted by Gasteiger charge is 2.16. The second-order valence-corrected chi connectivity index (χ2v) is 4.93. The van der Waals surface area contributed by atoms with Crippen LogP contribution in [0, 0.1) is 0 Å². The molecule has 18 heavy (non-hydrogen) atoms. The van der Waals surface area contributed by atoms with Crippen molar-refractivity contribution in [2.45, 2.75) is 26.3 Å². The number of hydrogen-bond donors (Lipinski definition) is 2. The molecule has 0 aliphatic carbocycles. The van der Waals surface area contributed by atoms with Gasteiger partial charge in [-0.25, -0.2) is 4.98 Å². The van der Waals surface area contributed by atoms with Crippen LogP contribution < -0.4 is 10.6 Å². The van der Waals surface area contributed by atoms with Crippen molar-refractivity contribution >= 4 is 34.9 Å². The Kier molecular flexibility index (Phi) is 5.50. The van der Waals surface area contributed by atoms with Gasteiger partial charge in [0.1, 0.15) is 11.7 Å². The second-order valence-electron chi connectivity index (χ2n) is 4.09. The molecule has 0 radical (unpaired) electrons. The second kappa shape index (κ2) is 6.66. The Balaban J connectivity index is 2.91. The maximum absolute atomic E-state index is 8.53. The highest BCUT2D eigenvalue weighted by atomic mass is 35.5. The van der Waals surface area contributed by atoms with Crippen molar-refractivity contribution in [1.29, 1.82) is 0 Å². The Hall–Kier alpha value is -1.20. The number of nitrogens with zero attached hydrogens (tertiary/aromatic N) is 3. The number of pyridine rings is 1. The van der Waals surface area contributed by atoms with Crippen LogP contribution in [0.2, 0.25) is 10.0 Å². The summed E-state index contributed by atoms with van der Waals surface area (Å²) in [6.07, 6.45) is 1.97. The average molecular weight is 291 g/mol. The van der Waals surface area contributed by atoms with Crippen molar-refractivity contribution in [3.05, 3.63) is 22.3 Å². The third kappa shape index (κ3) is 3.92. The minimum atomic E-state index is 0.172. The predicted molar refractivity (Wildman–Crippen MR) is 74.8 cm³/mol. The van der Waals surface area contributed by atoms with Crippen LogP contribution in [0.15, 0.2) is 17.4 Å². The smallest absolute Gasteiger partial charge is 0.147 e. The van der Waals surface area contributed by atoms with Gasteiger partial charge in [-0.1, -0.05) is 28.4 Å². The third-order valence-corrected chi connectivity index (χ3v) is 2.91. The Morgan fingerprint density at radius 3 is 2.72 bits per heavy atom. The maximum Gasteiger partial charge on any atom is 0.147 e. The van der Waals surface area contributed by atoms with E-state index < -0.39 is 0 Å². The van der Waals surface area contributed by atoms with Crippen LogP contribution >= 0.6 is 23.2 Å². The summed E-state index contributed by atoms with van der Waals surface area (Å²) in [6.45, 7) is 4.58. The van der Waals surface area contributed by atoms with E-state index in [1.807, 2.05) is 18.7 Å². The highest BCUT2D eigenvalue weighted by Crippen LogP contribution is 2.27. The summed E-state index contributed by atoms with van der Waals surface area (Å²) in [6, 6.07) is 1.83. The van der Waals surface area contributed by atoms with E-state index in [4.69, 9.17) is 34.1 Å². The average Bonchev–Trinajstić information content (AvgIpc) is 2.31. The van der Waals surface area contributed by atoms with Crippen LogP contribution in [0.1, 0.15) is 20.3 Å². The van der Waals surface area contributed by atoms with Gasteiger partial charge in [0.2, 0.25) is 0 Å². The molecule has 100 valence electrons. The lowest BCUT2D eigenvalue weighted by atomic mass is 10.2. The van der Waals surface area contributed by atoms with Gasteiger partial charge in [0.15, 0.2) is 0 Å². The fraction of sp³-hybridized carbons (Fsp3) is 0.455. The normalized spacial score (nSPS) is 11.9. The molecule has 1 aromatic heterocycles. The van der Waals surface area contributed by atoms with Crippen molar-refractivity contribution in [3.8, 4) is 0 Å². The molecule has 1 rings (SSSR count). The first-order valence-electron chi connectivity index (χ1n) is 5.49. The molecule has 0 aromatic carbocycles. The van der Waals surface area contributed by atoms with Gasteiger partial charge in [-0.05, 0) is 19.9 Å². The molecule has 1 heterocycles. The topological polar surface area (TPSA) is 74.7 Å². The van der Waals surface area contributed by atoms with Crippen LogP contribution in [0.25, 0.3) is 0 Å². The van der Waals surface area contributed by atoms with Gasteiger partial charge < -0.3 is 15.8 Å². The number of nitrogens with two attached hydrogens (primary N) is 1. The van der Waals surface area contributed by atoms with Gasteiger partial charge in [0.25, 0.3) is 0 Å². The molecule has 5 nitrogen and oxygen atoms in total. The maximum atomic E-state index is 8.53. The highest BCUT2D eigenvalue weighted by molar-refractivity contribution is 6.36. The molecular weight excluding hydrogens is 275 g/mol. The van der Waals surface area contributed by atoms with Gasteiger partial charge >= 0.3 is 0 Å². The minimum absolute atomic E-state index is 0.172. The van der Waals surface area contributed by atoms with Crippen molar-refractivity contribution in [3.63, 3.8) is 0 Å². The summed E-state index contributed by atoms with van der Waals surface area (Å²) in [5.41, 5.74) is 5.46. The quantitative estimate of drug-likeness (QED) is 0.378. The lowest BCUT2D eigenvalue weighted by molar-refractivity contribution is 0.317. The Labute approximate surface area is 116 Å². The van der Waals surface area contributed by atoms with E-state index in [0.717, 1.165) is 0 Å². The van der Waals surface area contributed by atoms with Crippen LogP contribution in [-0.2, 0) is 0 Å². The van der Waals surface area contributed by atoms with Gasteiger partial charge in [0.05, 0.1) is 10.0 Å². The Morgan fingerprint density at radius 2 is 2.22 bits per heavy atom. The molecule has 0 saturated heterocycles.